The van der Waals surface area contributed by atoms with Gasteiger partial charge in [0.05, 0.1) is 17.9 Å². The Labute approximate surface area is 130 Å². The number of rotatable bonds is 5. The van der Waals surface area contributed by atoms with Crippen molar-refractivity contribution in [1.82, 2.24) is 20.0 Å². The first-order chi connectivity index (χ1) is 10.2. The second-order valence-corrected chi connectivity index (χ2v) is 6.43. The fourth-order valence-electron chi connectivity index (χ4n) is 2.74. The molecule has 0 fully saturated rings. The minimum atomic E-state index is 0.892. The molecule has 0 atom stereocenters. The van der Waals surface area contributed by atoms with E-state index in [2.05, 4.69) is 58.5 Å². The van der Waals surface area contributed by atoms with Crippen LogP contribution in [0, 0.1) is 0 Å². The smallest absolute Gasteiger partial charge is 0.0768 e. The Kier molecular flexibility index (Phi) is 4.63. The summed E-state index contributed by atoms with van der Waals surface area (Å²) >= 11 is 1.79. The summed E-state index contributed by atoms with van der Waals surface area (Å²) < 4.78 is 2.13. The predicted octanol–water partition coefficient (Wildman–Crippen LogP) is 2.34. The van der Waals surface area contributed by atoms with Crippen LogP contribution in [0.5, 0.6) is 0 Å². The van der Waals surface area contributed by atoms with Crippen LogP contribution in [-0.4, -0.2) is 34.5 Å². The topological polar surface area (TPSA) is 33.1 Å². The van der Waals surface area contributed by atoms with Crippen molar-refractivity contribution >= 4 is 11.8 Å². The van der Waals surface area contributed by atoms with Gasteiger partial charge in [-0.1, -0.05) is 12.1 Å². The van der Waals surface area contributed by atoms with E-state index in [9.17, 15) is 0 Å². The maximum atomic E-state index is 4.70. The fourth-order valence-corrected chi connectivity index (χ4v) is 3.23. The van der Waals surface area contributed by atoms with Crippen LogP contribution in [0.2, 0.25) is 0 Å². The maximum absolute atomic E-state index is 4.70. The molecule has 2 aromatic rings. The molecule has 0 unspecified atom stereocenters. The van der Waals surface area contributed by atoms with Gasteiger partial charge >= 0.3 is 0 Å². The molecule has 0 amide bonds. The van der Waals surface area contributed by atoms with Crippen LogP contribution >= 0.6 is 11.8 Å². The molecule has 1 N–H and O–H groups in total. The molecule has 0 bridgehead atoms. The number of thioether (sulfide) groups is 1. The van der Waals surface area contributed by atoms with E-state index in [1.54, 1.807) is 11.8 Å². The molecule has 5 heteroatoms. The van der Waals surface area contributed by atoms with Crippen molar-refractivity contribution in [2.45, 2.75) is 31.1 Å². The zero-order valence-corrected chi connectivity index (χ0v) is 13.5. The van der Waals surface area contributed by atoms with Gasteiger partial charge in [-0.15, -0.1) is 11.8 Å². The second kappa shape index (κ2) is 6.64. The summed E-state index contributed by atoms with van der Waals surface area (Å²) in [5, 5.41) is 8.08. The van der Waals surface area contributed by atoms with Gasteiger partial charge in [0.15, 0.2) is 0 Å². The molecule has 1 aliphatic rings. The molecule has 0 aliphatic carbocycles. The lowest BCUT2D eigenvalue weighted by Gasteiger charge is -2.15. The van der Waals surface area contributed by atoms with E-state index < -0.39 is 0 Å². The Morgan fingerprint density at radius 3 is 3.05 bits per heavy atom. The first kappa shape index (κ1) is 14.6. The summed E-state index contributed by atoms with van der Waals surface area (Å²) in [5.41, 5.74) is 3.82. The normalized spacial score (nSPS) is 14.4. The number of hydrogen-bond donors (Lipinski definition) is 1. The maximum Gasteiger partial charge on any atom is 0.0768 e. The SMILES string of the molecule is CSc1cccc(CN(C)Cc2cc3n(n2)CCNC3)c1. The van der Waals surface area contributed by atoms with E-state index in [0.717, 1.165) is 38.4 Å². The van der Waals surface area contributed by atoms with Crippen molar-refractivity contribution in [1.29, 1.82) is 0 Å². The Balaban J connectivity index is 1.63. The summed E-state index contributed by atoms with van der Waals surface area (Å²) in [6.07, 6.45) is 2.12. The van der Waals surface area contributed by atoms with Crippen molar-refractivity contribution in [2.75, 3.05) is 19.8 Å². The second-order valence-electron chi connectivity index (χ2n) is 5.55. The van der Waals surface area contributed by atoms with Crippen molar-refractivity contribution in [2.24, 2.45) is 0 Å². The molecular formula is C16H22N4S. The van der Waals surface area contributed by atoms with E-state index in [-0.39, 0.29) is 0 Å². The summed E-state index contributed by atoms with van der Waals surface area (Å²) in [5.74, 6) is 0. The first-order valence-electron chi connectivity index (χ1n) is 7.32. The van der Waals surface area contributed by atoms with E-state index in [1.807, 2.05) is 0 Å². The van der Waals surface area contributed by atoms with Gasteiger partial charge < -0.3 is 5.32 Å². The molecule has 0 radical (unpaired) electrons. The number of nitrogens with one attached hydrogen (secondary N) is 1. The summed E-state index contributed by atoms with van der Waals surface area (Å²) in [4.78, 5) is 3.64. The van der Waals surface area contributed by atoms with Crippen LogP contribution in [0.3, 0.4) is 0 Å². The standard InChI is InChI=1S/C16H22N4S/c1-19(11-13-4-3-5-16(8-13)21-2)12-14-9-15-10-17-6-7-20(15)18-14/h3-5,8-9,17H,6-7,10-12H2,1-2H3. The minimum absolute atomic E-state index is 0.892. The third-order valence-corrected chi connectivity index (χ3v) is 4.46. The predicted molar refractivity (Wildman–Crippen MR) is 87.3 cm³/mol. The molecular weight excluding hydrogens is 280 g/mol. The quantitative estimate of drug-likeness (QED) is 0.860. The molecule has 1 aliphatic heterocycles. The lowest BCUT2D eigenvalue weighted by atomic mass is 10.2. The molecule has 0 saturated carbocycles. The lowest BCUT2D eigenvalue weighted by Crippen LogP contribution is -2.28. The van der Waals surface area contributed by atoms with Gasteiger partial charge in [-0.3, -0.25) is 9.58 Å². The van der Waals surface area contributed by atoms with Crippen molar-refractivity contribution < 1.29 is 0 Å². The highest BCUT2D eigenvalue weighted by Crippen LogP contribution is 2.17. The van der Waals surface area contributed by atoms with Gasteiger partial charge in [-0.2, -0.15) is 5.10 Å². The fraction of sp³-hybridized carbons (Fsp3) is 0.438. The van der Waals surface area contributed by atoms with Gasteiger partial charge in [0.1, 0.15) is 0 Å². The molecule has 4 nitrogen and oxygen atoms in total. The molecule has 21 heavy (non-hydrogen) atoms. The average Bonchev–Trinajstić information content (AvgIpc) is 2.89. The van der Waals surface area contributed by atoms with Crippen molar-refractivity contribution in [3.05, 3.63) is 47.3 Å². The van der Waals surface area contributed by atoms with Crippen LogP contribution in [0.4, 0.5) is 0 Å². The molecule has 1 aromatic heterocycles. The van der Waals surface area contributed by atoms with Gasteiger partial charge in [-0.05, 0) is 37.1 Å². The molecule has 0 spiro atoms. The summed E-state index contributed by atoms with van der Waals surface area (Å²) in [7, 11) is 2.16. The molecule has 3 rings (SSSR count). The third-order valence-electron chi connectivity index (χ3n) is 3.74. The highest BCUT2D eigenvalue weighted by Gasteiger charge is 2.12. The van der Waals surface area contributed by atoms with Gasteiger partial charge in [0.2, 0.25) is 0 Å². The van der Waals surface area contributed by atoms with Gasteiger partial charge in [0, 0.05) is 31.1 Å². The van der Waals surface area contributed by atoms with E-state index >= 15 is 0 Å². The van der Waals surface area contributed by atoms with Crippen LogP contribution in [0.15, 0.2) is 35.2 Å². The van der Waals surface area contributed by atoms with Crippen LogP contribution in [-0.2, 0) is 26.2 Å². The number of nitrogens with zero attached hydrogens (tertiary/aromatic N) is 3. The monoisotopic (exact) mass is 302 g/mol. The molecule has 0 saturated heterocycles. The molecule has 112 valence electrons. The highest BCUT2D eigenvalue weighted by molar-refractivity contribution is 7.98. The van der Waals surface area contributed by atoms with Crippen LogP contribution < -0.4 is 5.32 Å². The third kappa shape index (κ3) is 3.67. The van der Waals surface area contributed by atoms with Crippen molar-refractivity contribution in [3.63, 3.8) is 0 Å². The number of hydrogen-bond acceptors (Lipinski definition) is 4. The van der Waals surface area contributed by atoms with Gasteiger partial charge in [0.25, 0.3) is 0 Å². The summed E-state index contributed by atoms with van der Waals surface area (Å²) in [6.45, 7) is 4.78. The minimum Gasteiger partial charge on any atom is -0.309 e. The van der Waals surface area contributed by atoms with Crippen LogP contribution in [0.25, 0.3) is 0 Å². The Morgan fingerprint density at radius 1 is 1.33 bits per heavy atom. The Bertz CT molecular complexity index is 585. The lowest BCUT2D eigenvalue weighted by molar-refractivity contribution is 0.313. The number of fused-ring (bicyclic) bond motifs is 1. The largest absolute Gasteiger partial charge is 0.309 e. The summed E-state index contributed by atoms with van der Waals surface area (Å²) in [6, 6.07) is 11.0. The van der Waals surface area contributed by atoms with E-state index in [0.29, 0.717) is 0 Å². The zero-order chi connectivity index (χ0) is 14.7. The molecule has 1 aromatic carbocycles. The molecule has 2 heterocycles. The highest BCUT2D eigenvalue weighted by atomic mass is 32.2. The Morgan fingerprint density at radius 2 is 2.24 bits per heavy atom. The van der Waals surface area contributed by atoms with Crippen LogP contribution in [0.1, 0.15) is 17.0 Å². The first-order valence-corrected chi connectivity index (χ1v) is 8.55. The Hall–Kier alpha value is -1.30. The zero-order valence-electron chi connectivity index (χ0n) is 12.7. The number of benzene rings is 1. The number of aromatic nitrogens is 2. The van der Waals surface area contributed by atoms with Gasteiger partial charge in [-0.25, -0.2) is 0 Å². The average molecular weight is 302 g/mol. The van der Waals surface area contributed by atoms with E-state index in [1.165, 1.54) is 16.2 Å². The van der Waals surface area contributed by atoms with E-state index in [4.69, 9.17) is 5.10 Å². The van der Waals surface area contributed by atoms with Crippen molar-refractivity contribution in [3.8, 4) is 0 Å².